The molecule has 4 N–H and O–H groups in total. The number of carbonyl (C=O) groups is 3. The number of nitrogens with zero attached hydrogens (tertiary/aromatic N) is 3. The Morgan fingerprint density at radius 1 is 1.15 bits per heavy atom. The van der Waals surface area contributed by atoms with Crippen molar-refractivity contribution in [1.29, 1.82) is 0 Å². The fourth-order valence-electron chi connectivity index (χ4n) is 5.62. The maximum atomic E-state index is 14.2. The molecule has 1 aromatic heterocycles. The summed E-state index contributed by atoms with van der Waals surface area (Å²) in [5.41, 5.74) is 7.73. The van der Waals surface area contributed by atoms with Crippen LogP contribution >= 0.6 is 0 Å². The van der Waals surface area contributed by atoms with Gasteiger partial charge in [-0.05, 0) is 44.4 Å². The maximum absolute atomic E-state index is 14.2. The van der Waals surface area contributed by atoms with Gasteiger partial charge in [-0.25, -0.2) is 5.01 Å². The lowest BCUT2D eigenvalue weighted by Gasteiger charge is -2.41. The Labute approximate surface area is 228 Å². The largest absolute Gasteiger partial charge is 0.361 e. The Morgan fingerprint density at radius 2 is 1.87 bits per heavy atom. The van der Waals surface area contributed by atoms with Crippen molar-refractivity contribution >= 4 is 34.3 Å². The molecule has 204 valence electrons. The van der Waals surface area contributed by atoms with Crippen molar-refractivity contribution in [3.63, 3.8) is 0 Å². The molecule has 3 heterocycles. The molecule has 0 saturated carbocycles. The number of nitrogens with one attached hydrogen (secondary N) is 2. The van der Waals surface area contributed by atoms with Crippen LogP contribution in [0.3, 0.4) is 0 Å². The zero-order valence-corrected chi connectivity index (χ0v) is 22.7. The van der Waals surface area contributed by atoms with Crippen molar-refractivity contribution in [2.75, 3.05) is 19.6 Å². The van der Waals surface area contributed by atoms with Crippen LogP contribution in [0.4, 0.5) is 0 Å². The summed E-state index contributed by atoms with van der Waals surface area (Å²) in [6.07, 6.45) is 3.13. The first kappa shape index (κ1) is 26.6. The van der Waals surface area contributed by atoms with E-state index in [1.165, 1.54) is 5.01 Å². The van der Waals surface area contributed by atoms with Crippen LogP contribution in [0.25, 0.3) is 10.9 Å². The minimum Gasteiger partial charge on any atom is -0.361 e. The standard InChI is InChI=1S/C30H36N6O3/c1-4-36-28(39)30(17-20-10-6-5-7-11-20)19-35(15-14-25(30)34-36)26(37)24(33-27(38)29(2,3)31)16-21-18-32-23-13-9-8-12-22(21)23/h5-13,18,24,32H,4,14-17,19,31H2,1-3H3,(H,33,38)/t24-,30-/m1/s1. The number of para-hydroxylation sites is 1. The van der Waals surface area contributed by atoms with Crippen LogP contribution in [0.5, 0.6) is 0 Å². The van der Waals surface area contributed by atoms with Crippen molar-refractivity contribution in [3.8, 4) is 0 Å². The minimum absolute atomic E-state index is 0.0818. The molecule has 2 aliphatic heterocycles. The first-order chi connectivity index (χ1) is 18.6. The quantitative estimate of drug-likeness (QED) is 0.416. The van der Waals surface area contributed by atoms with Crippen molar-refractivity contribution in [2.24, 2.45) is 16.3 Å². The van der Waals surface area contributed by atoms with Gasteiger partial charge in [0.2, 0.25) is 11.8 Å². The number of likely N-dealkylation sites (tertiary alicyclic amines) is 1. The number of hydrogen-bond acceptors (Lipinski definition) is 5. The summed E-state index contributed by atoms with van der Waals surface area (Å²) >= 11 is 0. The lowest BCUT2D eigenvalue weighted by atomic mass is 9.73. The number of nitrogens with two attached hydrogens (primary N) is 1. The summed E-state index contributed by atoms with van der Waals surface area (Å²) in [5, 5.41) is 10.1. The van der Waals surface area contributed by atoms with Gasteiger partial charge in [-0.15, -0.1) is 0 Å². The second kappa shape index (κ2) is 10.3. The first-order valence-corrected chi connectivity index (χ1v) is 13.5. The fraction of sp³-hybridized carbons (Fsp3) is 0.400. The molecule has 3 amide bonds. The van der Waals surface area contributed by atoms with Crippen LogP contribution < -0.4 is 11.1 Å². The highest BCUT2D eigenvalue weighted by molar-refractivity contribution is 6.14. The predicted octanol–water partition coefficient (Wildman–Crippen LogP) is 2.61. The molecule has 9 heteroatoms. The number of benzene rings is 2. The van der Waals surface area contributed by atoms with Crippen molar-refractivity contribution in [3.05, 3.63) is 71.9 Å². The number of rotatable bonds is 8. The third-order valence-corrected chi connectivity index (χ3v) is 7.76. The predicted molar refractivity (Wildman–Crippen MR) is 151 cm³/mol. The average molecular weight is 529 g/mol. The monoisotopic (exact) mass is 528 g/mol. The SMILES string of the molecule is CCN1N=C2CCN(C(=O)[C@@H](Cc3c[nH]c4ccccc34)NC(=O)C(C)(C)N)C[C@@]2(Cc2ccccc2)C1=O. The number of piperidine rings is 1. The second-order valence-electron chi connectivity index (χ2n) is 11.1. The van der Waals surface area contributed by atoms with Gasteiger partial charge in [0.05, 0.1) is 11.3 Å². The van der Waals surface area contributed by atoms with Crippen molar-refractivity contribution in [1.82, 2.24) is 20.2 Å². The van der Waals surface area contributed by atoms with Gasteiger partial charge in [0.15, 0.2) is 0 Å². The summed E-state index contributed by atoms with van der Waals surface area (Å²) < 4.78 is 0. The van der Waals surface area contributed by atoms with E-state index in [1.54, 1.807) is 18.7 Å². The highest BCUT2D eigenvalue weighted by Crippen LogP contribution is 2.39. The molecule has 39 heavy (non-hydrogen) atoms. The van der Waals surface area contributed by atoms with E-state index >= 15 is 0 Å². The van der Waals surface area contributed by atoms with E-state index in [4.69, 9.17) is 5.73 Å². The first-order valence-electron chi connectivity index (χ1n) is 13.5. The zero-order valence-electron chi connectivity index (χ0n) is 22.7. The van der Waals surface area contributed by atoms with Crippen LogP contribution in [0.2, 0.25) is 0 Å². The van der Waals surface area contributed by atoms with E-state index in [-0.39, 0.29) is 18.4 Å². The molecular weight excluding hydrogens is 492 g/mol. The second-order valence-corrected chi connectivity index (χ2v) is 11.1. The molecule has 0 unspecified atom stereocenters. The number of aromatic amines is 1. The number of hydrogen-bond donors (Lipinski definition) is 3. The summed E-state index contributed by atoms with van der Waals surface area (Å²) in [7, 11) is 0. The average Bonchev–Trinajstić information content (AvgIpc) is 3.45. The molecule has 0 bridgehead atoms. The van der Waals surface area contributed by atoms with Gasteiger partial charge in [0.1, 0.15) is 11.5 Å². The number of H-pyrrole nitrogens is 1. The lowest BCUT2D eigenvalue weighted by Crippen LogP contribution is -2.61. The Bertz CT molecular complexity index is 1420. The molecule has 2 aromatic carbocycles. The maximum Gasteiger partial charge on any atom is 0.256 e. The molecule has 2 aliphatic rings. The number of fused-ring (bicyclic) bond motifs is 2. The van der Waals surface area contributed by atoms with Crippen molar-refractivity contribution < 1.29 is 14.4 Å². The summed E-state index contributed by atoms with van der Waals surface area (Å²) in [4.78, 5) is 45.8. The Hall–Kier alpha value is -3.98. The van der Waals surface area contributed by atoms with Gasteiger partial charge in [0.25, 0.3) is 5.91 Å². The van der Waals surface area contributed by atoms with Gasteiger partial charge in [-0.3, -0.25) is 14.4 Å². The Balaban J connectivity index is 1.46. The van der Waals surface area contributed by atoms with Gasteiger partial charge in [-0.2, -0.15) is 5.10 Å². The number of amides is 3. The molecule has 0 aliphatic carbocycles. The number of carbonyl (C=O) groups excluding carboxylic acids is 3. The molecule has 1 saturated heterocycles. The van der Waals surface area contributed by atoms with E-state index in [1.807, 2.05) is 67.7 Å². The van der Waals surface area contributed by atoms with Crippen LogP contribution in [-0.4, -0.2) is 69.5 Å². The molecule has 0 radical (unpaired) electrons. The van der Waals surface area contributed by atoms with E-state index in [2.05, 4.69) is 15.4 Å². The zero-order chi connectivity index (χ0) is 27.8. The van der Waals surface area contributed by atoms with Gasteiger partial charge in [-0.1, -0.05) is 48.5 Å². The smallest absolute Gasteiger partial charge is 0.256 e. The molecule has 2 atom stereocenters. The van der Waals surface area contributed by atoms with E-state index in [0.29, 0.717) is 32.4 Å². The van der Waals surface area contributed by atoms with Crippen LogP contribution in [0.15, 0.2) is 65.9 Å². The molecule has 3 aromatic rings. The van der Waals surface area contributed by atoms with E-state index in [0.717, 1.165) is 27.7 Å². The van der Waals surface area contributed by atoms with Gasteiger partial charge < -0.3 is 20.9 Å². The highest BCUT2D eigenvalue weighted by Gasteiger charge is 2.54. The Morgan fingerprint density at radius 3 is 2.59 bits per heavy atom. The molecule has 5 rings (SSSR count). The van der Waals surface area contributed by atoms with E-state index in [9.17, 15) is 14.4 Å². The van der Waals surface area contributed by atoms with Gasteiger partial charge >= 0.3 is 0 Å². The Kier molecular flexibility index (Phi) is 7.03. The third-order valence-electron chi connectivity index (χ3n) is 7.76. The summed E-state index contributed by atoms with van der Waals surface area (Å²) in [6.45, 7) is 6.24. The molecule has 1 fully saturated rings. The van der Waals surface area contributed by atoms with Crippen LogP contribution in [0.1, 0.15) is 38.3 Å². The normalized spacial score (nSPS) is 20.1. The van der Waals surface area contributed by atoms with Crippen molar-refractivity contribution in [2.45, 2.75) is 51.6 Å². The van der Waals surface area contributed by atoms with Crippen LogP contribution in [0, 0.1) is 5.41 Å². The molecule has 0 spiro atoms. The van der Waals surface area contributed by atoms with Gasteiger partial charge in [0, 0.05) is 49.6 Å². The highest BCUT2D eigenvalue weighted by atomic mass is 16.2. The number of aromatic nitrogens is 1. The third kappa shape index (κ3) is 5.06. The lowest BCUT2D eigenvalue weighted by molar-refractivity contribution is -0.143. The van der Waals surface area contributed by atoms with Crippen LogP contribution in [-0.2, 0) is 27.2 Å². The summed E-state index contributed by atoms with van der Waals surface area (Å²) in [6, 6.07) is 16.9. The number of hydrazone groups is 1. The minimum atomic E-state index is -1.15. The topological polar surface area (TPSA) is 124 Å². The van der Waals surface area contributed by atoms with E-state index < -0.39 is 22.9 Å². The molecular formula is C30H36N6O3. The molecule has 9 nitrogen and oxygen atoms in total. The summed E-state index contributed by atoms with van der Waals surface area (Å²) in [5.74, 6) is -0.721. The fourth-order valence-corrected chi connectivity index (χ4v) is 5.62.